The fourth-order valence-corrected chi connectivity index (χ4v) is 2.45. The number of aliphatic hydroxyl groups excluding tert-OH is 1. The molecule has 4 heteroatoms. The van der Waals surface area contributed by atoms with Gasteiger partial charge in [0.1, 0.15) is 0 Å². The third-order valence-electron chi connectivity index (χ3n) is 3.94. The van der Waals surface area contributed by atoms with Crippen LogP contribution in [-0.4, -0.2) is 51.4 Å². The lowest BCUT2D eigenvalue weighted by Crippen LogP contribution is -2.12. The number of hydrogen-bond acceptors (Lipinski definition) is 4. The Morgan fingerprint density at radius 2 is 1.27 bits per heavy atom. The molecule has 0 aliphatic heterocycles. The molecule has 0 bridgehead atoms. The Kier molecular flexibility index (Phi) is 18.8. The van der Waals surface area contributed by atoms with E-state index in [0.29, 0.717) is 33.0 Å². The molecule has 0 aliphatic rings. The zero-order valence-electron chi connectivity index (χ0n) is 14.9. The van der Waals surface area contributed by atoms with E-state index in [1.165, 1.54) is 51.4 Å². The van der Waals surface area contributed by atoms with E-state index in [0.717, 1.165) is 12.5 Å². The Labute approximate surface area is 137 Å². The van der Waals surface area contributed by atoms with E-state index in [1.54, 1.807) is 0 Å². The first-order chi connectivity index (χ1) is 10.8. The minimum atomic E-state index is 0.0698. The minimum Gasteiger partial charge on any atom is -0.394 e. The fraction of sp³-hybridized carbons (Fsp3) is 1.00. The molecule has 134 valence electrons. The van der Waals surface area contributed by atoms with Crippen LogP contribution >= 0.6 is 0 Å². The van der Waals surface area contributed by atoms with E-state index >= 15 is 0 Å². The molecule has 0 aliphatic carbocycles. The molecule has 0 saturated heterocycles. The summed E-state index contributed by atoms with van der Waals surface area (Å²) in [5, 5.41) is 8.54. The third kappa shape index (κ3) is 16.2. The summed E-state index contributed by atoms with van der Waals surface area (Å²) in [7, 11) is 0. The van der Waals surface area contributed by atoms with Crippen molar-refractivity contribution >= 4 is 0 Å². The predicted molar refractivity (Wildman–Crippen MR) is 91.3 cm³/mol. The first-order valence-corrected chi connectivity index (χ1v) is 9.19. The molecule has 0 saturated carbocycles. The Morgan fingerprint density at radius 3 is 1.86 bits per heavy atom. The molecule has 22 heavy (non-hydrogen) atoms. The van der Waals surface area contributed by atoms with Crippen molar-refractivity contribution in [2.24, 2.45) is 5.92 Å². The van der Waals surface area contributed by atoms with Gasteiger partial charge in [0.25, 0.3) is 0 Å². The highest BCUT2D eigenvalue weighted by Crippen LogP contribution is 2.18. The van der Waals surface area contributed by atoms with E-state index in [9.17, 15) is 0 Å². The van der Waals surface area contributed by atoms with Crippen LogP contribution in [0.3, 0.4) is 0 Å². The van der Waals surface area contributed by atoms with E-state index in [4.69, 9.17) is 19.3 Å². The van der Waals surface area contributed by atoms with Crippen LogP contribution in [-0.2, 0) is 14.2 Å². The van der Waals surface area contributed by atoms with Gasteiger partial charge in [0.2, 0.25) is 0 Å². The summed E-state index contributed by atoms with van der Waals surface area (Å²) in [6.07, 6.45) is 10.6. The van der Waals surface area contributed by atoms with Gasteiger partial charge in [0.15, 0.2) is 0 Å². The van der Waals surface area contributed by atoms with Gasteiger partial charge in [-0.25, -0.2) is 0 Å². The summed E-state index contributed by atoms with van der Waals surface area (Å²) < 4.78 is 16.1. The van der Waals surface area contributed by atoms with Gasteiger partial charge in [-0.2, -0.15) is 0 Å². The lowest BCUT2D eigenvalue weighted by Gasteiger charge is -2.14. The predicted octanol–water partition coefficient (Wildman–Crippen LogP) is 3.81. The van der Waals surface area contributed by atoms with Crippen molar-refractivity contribution in [3.63, 3.8) is 0 Å². The molecule has 0 aromatic heterocycles. The highest BCUT2D eigenvalue weighted by molar-refractivity contribution is 4.58. The van der Waals surface area contributed by atoms with Gasteiger partial charge in [-0.3, -0.25) is 0 Å². The zero-order chi connectivity index (χ0) is 16.3. The van der Waals surface area contributed by atoms with Crippen molar-refractivity contribution in [3.05, 3.63) is 0 Å². The fourth-order valence-electron chi connectivity index (χ4n) is 2.45. The second-order valence-electron chi connectivity index (χ2n) is 5.83. The standard InChI is InChI=1S/C18H38O4/c1-3-5-6-7-8-9-18(4-2)10-12-20-14-16-22-17-15-21-13-11-19/h18-19H,3-17H2,1-2H3. The first-order valence-electron chi connectivity index (χ1n) is 9.19. The molecule has 1 unspecified atom stereocenters. The Bertz CT molecular complexity index is 200. The van der Waals surface area contributed by atoms with Crippen LogP contribution < -0.4 is 0 Å². The van der Waals surface area contributed by atoms with Crippen LogP contribution in [0.5, 0.6) is 0 Å². The van der Waals surface area contributed by atoms with Gasteiger partial charge in [-0.1, -0.05) is 58.8 Å². The van der Waals surface area contributed by atoms with E-state index < -0.39 is 0 Å². The maximum Gasteiger partial charge on any atom is 0.0701 e. The molecule has 0 spiro atoms. The maximum absolute atomic E-state index is 8.54. The van der Waals surface area contributed by atoms with Crippen molar-refractivity contribution < 1.29 is 19.3 Å². The van der Waals surface area contributed by atoms with Crippen molar-refractivity contribution in [1.82, 2.24) is 0 Å². The minimum absolute atomic E-state index is 0.0698. The first kappa shape index (κ1) is 21.8. The molecular weight excluding hydrogens is 280 g/mol. The molecule has 4 nitrogen and oxygen atoms in total. The summed E-state index contributed by atoms with van der Waals surface area (Å²) in [5.41, 5.74) is 0. The van der Waals surface area contributed by atoms with Gasteiger partial charge >= 0.3 is 0 Å². The summed E-state index contributed by atoms with van der Waals surface area (Å²) in [6.45, 7) is 8.23. The Morgan fingerprint density at radius 1 is 0.682 bits per heavy atom. The monoisotopic (exact) mass is 318 g/mol. The molecule has 1 atom stereocenters. The average Bonchev–Trinajstić information content (AvgIpc) is 2.54. The molecule has 0 heterocycles. The van der Waals surface area contributed by atoms with Crippen LogP contribution in [0.4, 0.5) is 0 Å². The number of aliphatic hydroxyl groups is 1. The van der Waals surface area contributed by atoms with Crippen LogP contribution in [0.1, 0.15) is 65.2 Å². The van der Waals surface area contributed by atoms with Crippen molar-refractivity contribution in [3.8, 4) is 0 Å². The van der Waals surface area contributed by atoms with Crippen LogP contribution in [0, 0.1) is 5.92 Å². The third-order valence-corrected chi connectivity index (χ3v) is 3.94. The van der Waals surface area contributed by atoms with Gasteiger partial charge in [0, 0.05) is 6.61 Å². The lowest BCUT2D eigenvalue weighted by molar-refractivity contribution is 0.00570. The summed E-state index contributed by atoms with van der Waals surface area (Å²) in [5.74, 6) is 0.814. The van der Waals surface area contributed by atoms with E-state index in [1.807, 2.05) is 0 Å². The van der Waals surface area contributed by atoms with Gasteiger partial charge in [-0.05, 0) is 12.3 Å². The molecule has 0 rings (SSSR count). The van der Waals surface area contributed by atoms with Crippen LogP contribution in [0.15, 0.2) is 0 Å². The summed E-state index contributed by atoms with van der Waals surface area (Å²) in [6, 6.07) is 0. The van der Waals surface area contributed by atoms with Gasteiger partial charge in [-0.15, -0.1) is 0 Å². The van der Waals surface area contributed by atoms with Crippen molar-refractivity contribution in [2.45, 2.75) is 65.2 Å². The quantitative estimate of drug-likeness (QED) is 0.390. The second-order valence-corrected chi connectivity index (χ2v) is 5.83. The normalized spacial score (nSPS) is 12.7. The molecule has 0 aromatic carbocycles. The lowest BCUT2D eigenvalue weighted by atomic mass is 9.95. The van der Waals surface area contributed by atoms with Gasteiger partial charge in [0.05, 0.1) is 39.6 Å². The van der Waals surface area contributed by atoms with Crippen LogP contribution in [0.2, 0.25) is 0 Å². The number of unbranched alkanes of at least 4 members (excludes halogenated alkanes) is 4. The zero-order valence-corrected chi connectivity index (χ0v) is 14.9. The van der Waals surface area contributed by atoms with E-state index in [2.05, 4.69) is 13.8 Å². The summed E-state index contributed by atoms with van der Waals surface area (Å²) >= 11 is 0. The Balaban J connectivity index is 3.25. The summed E-state index contributed by atoms with van der Waals surface area (Å²) in [4.78, 5) is 0. The second kappa shape index (κ2) is 18.9. The molecule has 0 aromatic rings. The smallest absolute Gasteiger partial charge is 0.0701 e. The molecule has 0 fully saturated rings. The number of hydrogen-bond donors (Lipinski definition) is 1. The topological polar surface area (TPSA) is 47.9 Å². The largest absolute Gasteiger partial charge is 0.394 e. The van der Waals surface area contributed by atoms with Crippen molar-refractivity contribution in [2.75, 3.05) is 46.2 Å². The van der Waals surface area contributed by atoms with E-state index in [-0.39, 0.29) is 6.61 Å². The Hall–Kier alpha value is -0.160. The molecular formula is C18H38O4. The van der Waals surface area contributed by atoms with Crippen LogP contribution in [0.25, 0.3) is 0 Å². The van der Waals surface area contributed by atoms with Gasteiger partial charge < -0.3 is 19.3 Å². The van der Waals surface area contributed by atoms with Crippen molar-refractivity contribution in [1.29, 1.82) is 0 Å². The molecule has 1 N–H and O–H groups in total. The highest BCUT2D eigenvalue weighted by atomic mass is 16.5. The SMILES string of the molecule is CCCCCCCC(CC)CCOCCOCCOCCO. The average molecular weight is 318 g/mol. The number of rotatable bonds is 18. The number of ether oxygens (including phenoxy) is 3. The maximum atomic E-state index is 8.54. The highest BCUT2D eigenvalue weighted by Gasteiger charge is 2.06. The molecule has 0 amide bonds. The molecule has 0 radical (unpaired) electrons.